The zero-order chi connectivity index (χ0) is 21.5. The molecule has 30 heavy (non-hydrogen) atoms. The average molecular weight is 416 g/mol. The second-order valence-corrected chi connectivity index (χ2v) is 6.89. The molecule has 4 rings (SSSR count). The molecule has 1 aliphatic rings. The number of pyridine rings is 1. The Kier molecular flexibility index (Phi) is 4.93. The van der Waals surface area contributed by atoms with Crippen LogP contribution >= 0.6 is 0 Å². The van der Waals surface area contributed by atoms with Crippen molar-refractivity contribution in [3.63, 3.8) is 0 Å². The van der Waals surface area contributed by atoms with Crippen molar-refractivity contribution in [2.75, 3.05) is 12.0 Å². The number of aromatic nitrogens is 1. The lowest BCUT2D eigenvalue weighted by Crippen LogP contribution is -2.26. The lowest BCUT2D eigenvalue weighted by atomic mass is 10.0. The van der Waals surface area contributed by atoms with Crippen molar-refractivity contribution in [3.05, 3.63) is 77.4 Å². The minimum absolute atomic E-state index is 0.0802. The van der Waals surface area contributed by atoms with E-state index in [0.717, 1.165) is 12.1 Å². The van der Waals surface area contributed by atoms with Crippen molar-refractivity contribution in [2.24, 2.45) is 0 Å². The summed E-state index contributed by atoms with van der Waals surface area (Å²) in [5, 5.41) is 0. The Bertz CT molecular complexity index is 1130. The Morgan fingerprint density at radius 3 is 2.60 bits per heavy atom. The van der Waals surface area contributed by atoms with Gasteiger partial charge in [0.1, 0.15) is 0 Å². The summed E-state index contributed by atoms with van der Waals surface area (Å²) in [4.78, 5) is 18.2. The number of alkyl halides is 3. The van der Waals surface area contributed by atoms with Gasteiger partial charge in [0.25, 0.3) is 0 Å². The number of amides is 1. The molecule has 0 fully saturated rings. The van der Waals surface area contributed by atoms with Crippen molar-refractivity contribution in [1.82, 2.24) is 4.98 Å². The van der Waals surface area contributed by atoms with E-state index in [2.05, 4.69) is 4.98 Å². The van der Waals surface area contributed by atoms with Gasteiger partial charge in [0.2, 0.25) is 5.91 Å². The van der Waals surface area contributed by atoms with Gasteiger partial charge in [0, 0.05) is 11.8 Å². The first-order valence-corrected chi connectivity index (χ1v) is 9.05. The second-order valence-electron chi connectivity index (χ2n) is 6.89. The van der Waals surface area contributed by atoms with Crippen LogP contribution in [0.3, 0.4) is 0 Å². The molecule has 2 heterocycles. The van der Waals surface area contributed by atoms with Gasteiger partial charge in [-0.3, -0.25) is 9.78 Å². The first-order valence-electron chi connectivity index (χ1n) is 9.05. The number of rotatable bonds is 4. The number of carbonyl (C=O) groups excluding carboxylic acids is 1. The maximum atomic E-state index is 14.0. The fraction of sp³-hybridized carbons (Fsp3) is 0.182. The smallest absolute Gasteiger partial charge is 0.416 e. The zero-order valence-corrected chi connectivity index (χ0v) is 15.8. The number of ether oxygens (including phenoxy) is 1. The maximum absolute atomic E-state index is 14.0. The number of fused-ring (bicyclic) bond motifs is 1. The first kappa shape index (κ1) is 19.9. The van der Waals surface area contributed by atoms with Gasteiger partial charge < -0.3 is 9.64 Å². The Hall–Kier alpha value is -3.42. The van der Waals surface area contributed by atoms with Crippen LogP contribution in [0.2, 0.25) is 0 Å². The molecule has 0 N–H and O–H groups in total. The van der Waals surface area contributed by atoms with Gasteiger partial charge in [-0.25, -0.2) is 4.39 Å². The molecular formula is C22H16F4N2O2. The SMILES string of the molecule is COc1ccc(CN2C(=O)Cc3ncc(-c4cccc(C(F)(F)F)c4)cc32)cc1F. The van der Waals surface area contributed by atoms with Gasteiger partial charge in [0.05, 0.1) is 37.0 Å². The van der Waals surface area contributed by atoms with E-state index >= 15 is 0 Å². The molecule has 154 valence electrons. The summed E-state index contributed by atoms with van der Waals surface area (Å²) in [7, 11) is 1.36. The Morgan fingerprint density at radius 1 is 1.10 bits per heavy atom. The van der Waals surface area contributed by atoms with Crippen LogP contribution in [0, 0.1) is 5.82 Å². The molecule has 0 saturated heterocycles. The summed E-state index contributed by atoms with van der Waals surface area (Å²) in [6.45, 7) is 0.112. The molecule has 8 heteroatoms. The minimum Gasteiger partial charge on any atom is -0.494 e. The van der Waals surface area contributed by atoms with Crippen LogP contribution in [0.5, 0.6) is 5.75 Å². The highest BCUT2D eigenvalue weighted by Gasteiger charge is 2.31. The van der Waals surface area contributed by atoms with E-state index in [1.807, 2.05) is 0 Å². The maximum Gasteiger partial charge on any atom is 0.416 e. The summed E-state index contributed by atoms with van der Waals surface area (Å²) < 4.78 is 58.0. The third kappa shape index (κ3) is 3.72. The number of methoxy groups -OCH3 is 1. The summed E-state index contributed by atoms with van der Waals surface area (Å²) in [5.41, 5.74) is 1.63. The van der Waals surface area contributed by atoms with Crippen LogP contribution in [0.25, 0.3) is 11.1 Å². The van der Waals surface area contributed by atoms with Crippen molar-refractivity contribution in [2.45, 2.75) is 19.1 Å². The molecule has 1 aromatic heterocycles. The number of anilines is 1. The zero-order valence-electron chi connectivity index (χ0n) is 15.8. The number of benzene rings is 2. The molecule has 1 aliphatic heterocycles. The van der Waals surface area contributed by atoms with Gasteiger partial charge >= 0.3 is 6.18 Å². The molecular weight excluding hydrogens is 400 g/mol. The summed E-state index contributed by atoms with van der Waals surface area (Å²) in [6, 6.07) is 11.0. The third-order valence-corrected chi connectivity index (χ3v) is 4.94. The van der Waals surface area contributed by atoms with Gasteiger partial charge in [-0.15, -0.1) is 0 Å². The predicted molar refractivity (Wildman–Crippen MR) is 103 cm³/mol. The van der Waals surface area contributed by atoms with Crippen LogP contribution in [-0.4, -0.2) is 18.0 Å². The Balaban J connectivity index is 1.67. The number of carbonyl (C=O) groups is 1. The quantitative estimate of drug-likeness (QED) is 0.562. The number of hydrogen-bond acceptors (Lipinski definition) is 3. The summed E-state index contributed by atoms with van der Waals surface area (Å²) in [6.07, 6.45) is -2.92. The van der Waals surface area contributed by atoms with E-state index in [4.69, 9.17) is 4.74 Å². The van der Waals surface area contributed by atoms with E-state index in [9.17, 15) is 22.4 Å². The topological polar surface area (TPSA) is 42.4 Å². The Labute approximate surface area is 169 Å². The van der Waals surface area contributed by atoms with Crippen LogP contribution in [-0.2, 0) is 23.9 Å². The van der Waals surface area contributed by atoms with Crippen molar-refractivity contribution < 1.29 is 27.1 Å². The molecule has 0 saturated carbocycles. The number of halogens is 4. The average Bonchev–Trinajstić information content (AvgIpc) is 3.02. The molecule has 4 nitrogen and oxygen atoms in total. The van der Waals surface area contributed by atoms with E-state index in [-0.39, 0.29) is 24.6 Å². The molecule has 0 unspecified atom stereocenters. The molecule has 0 radical (unpaired) electrons. The van der Waals surface area contributed by atoms with Crippen molar-refractivity contribution >= 4 is 11.6 Å². The van der Waals surface area contributed by atoms with Crippen LogP contribution < -0.4 is 9.64 Å². The second kappa shape index (κ2) is 7.44. The third-order valence-electron chi connectivity index (χ3n) is 4.94. The van der Waals surface area contributed by atoms with Crippen LogP contribution in [0.15, 0.2) is 54.7 Å². The molecule has 0 atom stereocenters. The molecule has 1 amide bonds. The number of hydrogen-bond donors (Lipinski definition) is 0. The van der Waals surface area contributed by atoms with Crippen LogP contribution in [0.4, 0.5) is 23.2 Å². The first-order chi connectivity index (χ1) is 14.3. The molecule has 0 bridgehead atoms. The van der Waals surface area contributed by atoms with Gasteiger partial charge in [-0.1, -0.05) is 18.2 Å². The lowest BCUT2D eigenvalue weighted by molar-refractivity contribution is -0.137. The molecule has 2 aromatic carbocycles. The molecule has 0 aliphatic carbocycles. The summed E-state index contributed by atoms with van der Waals surface area (Å²) in [5.74, 6) is -0.659. The van der Waals surface area contributed by atoms with E-state index < -0.39 is 17.6 Å². The van der Waals surface area contributed by atoms with Gasteiger partial charge in [0.15, 0.2) is 11.6 Å². The van der Waals surface area contributed by atoms with Crippen molar-refractivity contribution in [3.8, 4) is 16.9 Å². The van der Waals surface area contributed by atoms with E-state index in [0.29, 0.717) is 28.1 Å². The standard InChI is InChI=1S/C22H16F4N2O2/c1-30-20-6-5-13(7-17(20)23)12-28-19-9-15(11-27-18(19)10-21(28)29)14-3-2-4-16(8-14)22(24,25)26/h2-9,11H,10,12H2,1H3. The van der Waals surface area contributed by atoms with Crippen LogP contribution in [0.1, 0.15) is 16.8 Å². The van der Waals surface area contributed by atoms with E-state index in [1.54, 1.807) is 18.2 Å². The normalized spacial score (nSPS) is 13.5. The van der Waals surface area contributed by atoms with Gasteiger partial charge in [-0.05, 0) is 41.5 Å². The highest BCUT2D eigenvalue weighted by molar-refractivity contribution is 6.01. The molecule has 0 spiro atoms. The number of nitrogens with zero attached hydrogens (tertiary/aromatic N) is 2. The highest BCUT2D eigenvalue weighted by atomic mass is 19.4. The minimum atomic E-state index is -4.46. The largest absolute Gasteiger partial charge is 0.494 e. The van der Waals surface area contributed by atoms with E-state index in [1.165, 1.54) is 36.4 Å². The lowest BCUT2D eigenvalue weighted by Gasteiger charge is -2.18. The van der Waals surface area contributed by atoms with Crippen molar-refractivity contribution in [1.29, 1.82) is 0 Å². The predicted octanol–water partition coefficient (Wildman–Crippen LogP) is 5.00. The Morgan fingerprint density at radius 2 is 1.90 bits per heavy atom. The fourth-order valence-corrected chi connectivity index (χ4v) is 3.42. The fourth-order valence-electron chi connectivity index (χ4n) is 3.42. The van der Waals surface area contributed by atoms with Gasteiger partial charge in [-0.2, -0.15) is 13.2 Å². The summed E-state index contributed by atoms with van der Waals surface area (Å²) >= 11 is 0. The monoisotopic (exact) mass is 416 g/mol. The highest BCUT2D eigenvalue weighted by Crippen LogP contribution is 2.36. The molecule has 3 aromatic rings.